The summed E-state index contributed by atoms with van der Waals surface area (Å²) in [6, 6.07) is 15.6. The van der Waals surface area contributed by atoms with Gasteiger partial charge in [0.05, 0.1) is 12.6 Å². The molecule has 2 aromatic rings. The molecule has 0 spiro atoms. The summed E-state index contributed by atoms with van der Waals surface area (Å²) in [6.45, 7) is 0.178. The summed E-state index contributed by atoms with van der Waals surface area (Å²) in [5.41, 5.74) is 3.36. The third-order valence-corrected chi connectivity index (χ3v) is 3.64. The molecule has 2 rings (SSSR count). The van der Waals surface area contributed by atoms with Crippen molar-refractivity contribution in [2.75, 3.05) is 6.54 Å². The first-order chi connectivity index (χ1) is 12.1. The minimum Gasteiger partial charge on any atom is -0.508 e. The third-order valence-electron chi connectivity index (χ3n) is 3.64. The Morgan fingerprint density at radius 1 is 0.960 bits per heavy atom. The fourth-order valence-electron chi connectivity index (χ4n) is 2.29. The van der Waals surface area contributed by atoms with E-state index in [1.165, 1.54) is 5.48 Å². The van der Waals surface area contributed by atoms with Gasteiger partial charge in [-0.1, -0.05) is 42.5 Å². The molecule has 0 aliphatic heterocycles. The minimum absolute atomic E-state index is 0.154. The van der Waals surface area contributed by atoms with E-state index < -0.39 is 11.9 Å². The normalized spacial score (nSPS) is 11.6. The van der Waals surface area contributed by atoms with E-state index >= 15 is 0 Å². The van der Waals surface area contributed by atoms with E-state index in [-0.39, 0.29) is 18.2 Å². The van der Waals surface area contributed by atoms with Gasteiger partial charge >= 0.3 is 0 Å². The van der Waals surface area contributed by atoms with Crippen LogP contribution in [-0.4, -0.2) is 34.7 Å². The molecule has 0 heterocycles. The quantitative estimate of drug-likeness (QED) is 0.358. The van der Waals surface area contributed by atoms with Crippen molar-refractivity contribution < 1.29 is 19.9 Å². The Balaban J connectivity index is 2.02. The molecule has 1 atom stereocenters. The van der Waals surface area contributed by atoms with Gasteiger partial charge in [-0.15, -0.1) is 0 Å². The number of carbonyl (C=O) groups is 2. The third kappa shape index (κ3) is 6.25. The summed E-state index contributed by atoms with van der Waals surface area (Å²) in [4.78, 5) is 23.5. The summed E-state index contributed by atoms with van der Waals surface area (Å²) in [5.74, 6) is -0.894. The van der Waals surface area contributed by atoms with Crippen molar-refractivity contribution in [2.24, 2.45) is 0 Å². The summed E-state index contributed by atoms with van der Waals surface area (Å²) in [7, 11) is 0. The SMILES string of the molecule is O=C(CNC(=O)[C@H](Cc1ccc(O)cc1)NCc1ccccc1)NO. The fraction of sp³-hybridized carbons (Fsp3) is 0.222. The number of aromatic hydroxyl groups is 1. The van der Waals surface area contributed by atoms with Crippen molar-refractivity contribution >= 4 is 11.8 Å². The molecule has 2 amide bonds. The zero-order valence-corrected chi connectivity index (χ0v) is 13.6. The highest BCUT2D eigenvalue weighted by atomic mass is 16.5. The molecule has 0 unspecified atom stereocenters. The Hall–Kier alpha value is -2.90. The number of hydrogen-bond donors (Lipinski definition) is 5. The van der Waals surface area contributed by atoms with Crippen LogP contribution in [0.5, 0.6) is 5.75 Å². The molecule has 0 aromatic heterocycles. The van der Waals surface area contributed by atoms with E-state index in [1.54, 1.807) is 24.3 Å². The molecule has 132 valence electrons. The summed E-state index contributed by atoms with van der Waals surface area (Å²) < 4.78 is 0. The van der Waals surface area contributed by atoms with Gasteiger partial charge in [0.15, 0.2) is 0 Å². The molecule has 0 saturated carbocycles. The first kappa shape index (κ1) is 18.4. The zero-order valence-electron chi connectivity index (χ0n) is 13.6. The molecule has 0 radical (unpaired) electrons. The molecule has 2 aromatic carbocycles. The second-order valence-electron chi connectivity index (χ2n) is 5.54. The lowest BCUT2D eigenvalue weighted by Gasteiger charge is -2.18. The molecule has 0 fully saturated rings. The monoisotopic (exact) mass is 343 g/mol. The van der Waals surface area contributed by atoms with Crippen LogP contribution >= 0.6 is 0 Å². The number of benzene rings is 2. The number of phenolic OH excluding ortho intramolecular Hbond substituents is 1. The van der Waals surface area contributed by atoms with Gasteiger partial charge in [-0.3, -0.25) is 14.8 Å². The summed E-state index contributed by atoms with van der Waals surface area (Å²) in [6.07, 6.45) is 0.389. The topological polar surface area (TPSA) is 111 Å². The number of rotatable bonds is 8. The lowest BCUT2D eigenvalue weighted by atomic mass is 10.0. The first-order valence-corrected chi connectivity index (χ1v) is 7.84. The highest BCUT2D eigenvalue weighted by molar-refractivity contribution is 5.87. The fourth-order valence-corrected chi connectivity index (χ4v) is 2.29. The second kappa shape index (κ2) is 9.41. The van der Waals surface area contributed by atoms with Crippen LogP contribution in [-0.2, 0) is 22.6 Å². The molecule has 7 heteroatoms. The van der Waals surface area contributed by atoms with Gasteiger partial charge in [-0.05, 0) is 29.7 Å². The Kier molecular flexibility index (Phi) is 6.94. The van der Waals surface area contributed by atoms with Gasteiger partial charge < -0.3 is 15.7 Å². The number of phenols is 1. The average Bonchev–Trinajstić information content (AvgIpc) is 2.65. The lowest BCUT2D eigenvalue weighted by Crippen LogP contribution is -2.47. The molecule has 5 N–H and O–H groups in total. The Morgan fingerprint density at radius 2 is 1.64 bits per heavy atom. The Bertz CT molecular complexity index is 689. The highest BCUT2D eigenvalue weighted by Gasteiger charge is 2.19. The predicted octanol–water partition coefficient (Wildman–Crippen LogP) is 0.715. The number of carbonyl (C=O) groups excluding carboxylic acids is 2. The number of hydroxylamine groups is 1. The van der Waals surface area contributed by atoms with Crippen molar-refractivity contribution in [2.45, 2.75) is 19.0 Å². The van der Waals surface area contributed by atoms with Gasteiger partial charge in [-0.2, -0.15) is 0 Å². The van der Waals surface area contributed by atoms with E-state index in [4.69, 9.17) is 5.21 Å². The first-order valence-electron chi connectivity index (χ1n) is 7.84. The Labute approximate surface area is 145 Å². The van der Waals surface area contributed by atoms with Crippen LogP contribution < -0.4 is 16.1 Å². The van der Waals surface area contributed by atoms with E-state index in [1.807, 2.05) is 30.3 Å². The van der Waals surface area contributed by atoms with Crippen LogP contribution in [0.4, 0.5) is 0 Å². The van der Waals surface area contributed by atoms with Crippen LogP contribution in [0.25, 0.3) is 0 Å². The van der Waals surface area contributed by atoms with Gasteiger partial charge in [0.1, 0.15) is 5.75 Å². The second-order valence-corrected chi connectivity index (χ2v) is 5.54. The smallest absolute Gasteiger partial charge is 0.262 e. The summed E-state index contributed by atoms with van der Waals surface area (Å²) >= 11 is 0. The Morgan fingerprint density at radius 3 is 2.28 bits per heavy atom. The van der Waals surface area contributed by atoms with Crippen molar-refractivity contribution in [3.63, 3.8) is 0 Å². The van der Waals surface area contributed by atoms with Crippen molar-refractivity contribution in [3.8, 4) is 5.75 Å². The number of hydrogen-bond acceptors (Lipinski definition) is 5. The van der Waals surface area contributed by atoms with Crippen molar-refractivity contribution in [1.82, 2.24) is 16.1 Å². The van der Waals surface area contributed by atoms with E-state index in [0.29, 0.717) is 13.0 Å². The maximum absolute atomic E-state index is 12.4. The molecule has 7 nitrogen and oxygen atoms in total. The molecule has 25 heavy (non-hydrogen) atoms. The van der Waals surface area contributed by atoms with Gasteiger partial charge in [0.2, 0.25) is 5.91 Å². The lowest BCUT2D eigenvalue weighted by molar-refractivity contribution is -0.131. The van der Waals surface area contributed by atoms with Crippen LogP contribution in [0.15, 0.2) is 54.6 Å². The van der Waals surface area contributed by atoms with Gasteiger partial charge in [0.25, 0.3) is 5.91 Å². The van der Waals surface area contributed by atoms with E-state index in [0.717, 1.165) is 11.1 Å². The van der Waals surface area contributed by atoms with E-state index in [9.17, 15) is 14.7 Å². The highest BCUT2D eigenvalue weighted by Crippen LogP contribution is 2.12. The number of nitrogens with one attached hydrogen (secondary N) is 3. The standard InChI is InChI=1S/C18H21N3O4/c22-15-8-6-13(7-9-15)10-16(18(24)20-12-17(23)21-25)19-11-14-4-2-1-3-5-14/h1-9,16,19,22,25H,10-12H2,(H,20,24)(H,21,23)/t16-/m0/s1. The van der Waals surface area contributed by atoms with E-state index in [2.05, 4.69) is 10.6 Å². The molecular formula is C18H21N3O4. The maximum atomic E-state index is 12.4. The summed E-state index contributed by atoms with van der Waals surface area (Å²) in [5, 5.41) is 23.5. The molecule has 0 bridgehead atoms. The van der Waals surface area contributed by atoms with Crippen LogP contribution in [0, 0.1) is 0 Å². The largest absolute Gasteiger partial charge is 0.508 e. The molecular weight excluding hydrogens is 322 g/mol. The molecule has 0 aliphatic rings. The van der Waals surface area contributed by atoms with Crippen molar-refractivity contribution in [1.29, 1.82) is 0 Å². The molecule has 0 aliphatic carbocycles. The predicted molar refractivity (Wildman–Crippen MR) is 91.8 cm³/mol. The molecule has 0 saturated heterocycles. The zero-order chi connectivity index (χ0) is 18.1. The van der Waals surface area contributed by atoms with Crippen LogP contribution in [0.3, 0.4) is 0 Å². The van der Waals surface area contributed by atoms with Crippen LogP contribution in [0.1, 0.15) is 11.1 Å². The minimum atomic E-state index is -0.695. The van der Waals surface area contributed by atoms with Crippen molar-refractivity contribution in [3.05, 3.63) is 65.7 Å². The van der Waals surface area contributed by atoms with Crippen LogP contribution in [0.2, 0.25) is 0 Å². The maximum Gasteiger partial charge on any atom is 0.262 e. The average molecular weight is 343 g/mol. The van der Waals surface area contributed by atoms with Gasteiger partial charge in [-0.25, -0.2) is 5.48 Å². The number of amides is 2. The van der Waals surface area contributed by atoms with Gasteiger partial charge in [0, 0.05) is 6.54 Å².